The van der Waals surface area contributed by atoms with Gasteiger partial charge in [0.1, 0.15) is 24.1 Å². The molecule has 2 bridgehead atoms. The van der Waals surface area contributed by atoms with Gasteiger partial charge < -0.3 is 14.4 Å². The number of fused-ring (bicyclic) bond motifs is 3. The molecule has 6 rings (SSSR count). The molecule has 0 aliphatic carbocycles. The van der Waals surface area contributed by atoms with Gasteiger partial charge >= 0.3 is 0 Å². The van der Waals surface area contributed by atoms with Gasteiger partial charge in [-0.1, -0.05) is 6.92 Å². The lowest BCUT2D eigenvalue weighted by molar-refractivity contribution is 0.287. The minimum absolute atomic E-state index is 0.282. The van der Waals surface area contributed by atoms with E-state index in [1.54, 1.807) is 6.33 Å². The maximum atomic E-state index is 14.6. The molecule has 7 nitrogen and oxygen atoms in total. The van der Waals surface area contributed by atoms with E-state index in [1.807, 2.05) is 24.7 Å². The van der Waals surface area contributed by atoms with Crippen LogP contribution in [0, 0.1) is 5.82 Å². The molecule has 2 atom stereocenters. The molecule has 26 heavy (non-hydrogen) atoms. The molecule has 0 N–H and O–H groups in total. The van der Waals surface area contributed by atoms with Gasteiger partial charge in [0.15, 0.2) is 11.6 Å². The molecule has 3 aromatic heterocycles. The third-order valence-electron chi connectivity index (χ3n) is 5.56. The zero-order valence-corrected chi connectivity index (χ0v) is 14.8. The van der Waals surface area contributed by atoms with Crippen LogP contribution in [0.3, 0.4) is 0 Å². The molecule has 0 amide bonds. The minimum atomic E-state index is -0.282. The van der Waals surface area contributed by atoms with Crippen molar-refractivity contribution >= 4 is 22.7 Å². The molecule has 3 aromatic rings. The van der Waals surface area contributed by atoms with Gasteiger partial charge in [0.2, 0.25) is 0 Å². The predicted octanol–water partition coefficient (Wildman–Crippen LogP) is 1.93. The van der Waals surface area contributed by atoms with Gasteiger partial charge in [-0.3, -0.25) is 0 Å². The van der Waals surface area contributed by atoms with Crippen LogP contribution in [0.4, 0.5) is 16.0 Å². The first kappa shape index (κ1) is 15.5. The summed E-state index contributed by atoms with van der Waals surface area (Å²) in [6, 6.07) is 2.69. The Morgan fingerprint density at radius 3 is 2.58 bits per heavy atom. The molecule has 3 aliphatic rings. The molecule has 0 radical (unpaired) electrons. The Labute approximate surface area is 150 Å². The van der Waals surface area contributed by atoms with Crippen molar-refractivity contribution in [2.45, 2.75) is 31.8 Å². The maximum absolute atomic E-state index is 14.6. The van der Waals surface area contributed by atoms with Crippen molar-refractivity contribution in [3.05, 3.63) is 36.4 Å². The van der Waals surface area contributed by atoms with Crippen molar-refractivity contribution in [2.75, 3.05) is 22.9 Å². The maximum Gasteiger partial charge on any atom is 0.187 e. The van der Waals surface area contributed by atoms with Crippen LogP contribution in [0.15, 0.2) is 24.9 Å². The van der Waals surface area contributed by atoms with Crippen LogP contribution in [0.5, 0.6) is 0 Å². The highest BCUT2D eigenvalue weighted by Crippen LogP contribution is 2.40. The van der Waals surface area contributed by atoms with Gasteiger partial charge in [0, 0.05) is 26.3 Å². The minimum Gasteiger partial charge on any atom is -0.350 e. The van der Waals surface area contributed by atoms with Crippen LogP contribution in [0.25, 0.3) is 11.0 Å². The summed E-state index contributed by atoms with van der Waals surface area (Å²) in [4.78, 5) is 21.6. The molecule has 0 saturated carbocycles. The molecule has 3 aliphatic heterocycles. The van der Waals surface area contributed by atoms with E-state index in [2.05, 4.69) is 35.8 Å². The molecule has 0 aromatic carbocycles. The fourth-order valence-corrected chi connectivity index (χ4v) is 4.26. The number of halogens is 1. The average molecular weight is 353 g/mol. The van der Waals surface area contributed by atoms with Gasteiger partial charge in [-0.05, 0) is 18.9 Å². The third-order valence-corrected chi connectivity index (χ3v) is 5.56. The van der Waals surface area contributed by atoms with Gasteiger partial charge in [-0.25, -0.2) is 24.3 Å². The van der Waals surface area contributed by atoms with Crippen LogP contribution < -0.4 is 9.80 Å². The highest BCUT2D eigenvalue weighted by atomic mass is 19.1. The topological polar surface area (TPSA) is 63.0 Å². The zero-order chi connectivity index (χ0) is 17.8. The summed E-state index contributed by atoms with van der Waals surface area (Å²) in [5.74, 6) is 1.13. The quantitative estimate of drug-likeness (QED) is 0.717. The standard InChI is InChI=1S/C18H20FN7/c1-3-14-15(19)18(23-9-20-14)25-7-11-6-12(8-25)26(11)17-13-4-5-24(2)16(13)21-10-22-17/h4-5,9-12H,3,6-8H2,1-2H3. The zero-order valence-electron chi connectivity index (χ0n) is 14.8. The van der Waals surface area contributed by atoms with E-state index < -0.39 is 0 Å². The lowest BCUT2D eigenvalue weighted by Gasteiger charge is -2.57. The van der Waals surface area contributed by atoms with Crippen molar-refractivity contribution < 1.29 is 4.39 Å². The first-order valence-corrected chi connectivity index (χ1v) is 8.96. The van der Waals surface area contributed by atoms with Gasteiger partial charge in [0.25, 0.3) is 0 Å². The lowest BCUT2D eigenvalue weighted by Crippen LogP contribution is -2.69. The van der Waals surface area contributed by atoms with E-state index in [0.29, 0.717) is 30.0 Å². The molecule has 3 fully saturated rings. The van der Waals surface area contributed by atoms with Gasteiger partial charge in [-0.2, -0.15) is 0 Å². The number of aryl methyl sites for hydroxylation is 2. The number of anilines is 2. The van der Waals surface area contributed by atoms with Crippen molar-refractivity contribution in [2.24, 2.45) is 7.05 Å². The molecule has 6 heterocycles. The Morgan fingerprint density at radius 1 is 1.08 bits per heavy atom. The molecule has 134 valence electrons. The number of nitrogens with zero attached hydrogens (tertiary/aromatic N) is 7. The largest absolute Gasteiger partial charge is 0.350 e. The molecular weight excluding hydrogens is 333 g/mol. The van der Waals surface area contributed by atoms with E-state index >= 15 is 0 Å². The summed E-state index contributed by atoms with van der Waals surface area (Å²) in [6.45, 7) is 3.39. The summed E-state index contributed by atoms with van der Waals surface area (Å²) in [7, 11) is 1.99. The number of rotatable bonds is 3. The van der Waals surface area contributed by atoms with Gasteiger partial charge in [0.05, 0.1) is 23.2 Å². The lowest BCUT2D eigenvalue weighted by atomic mass is 9.87. The second-order valence-corrected chi connectivity index (χ2v) is 7.03. The first-order chi connectivity index (χ1) is 12.7. The fourth-order valence-electron chi connectivity index (χ4n) is 4.26. The monoisotopic (exact) mass is 353 g/mol. The van der Waals surface area contributed by atoms with E-state index in [1.165, 1.54) is 6.33 Å². The summed E-state index contributed by atoms with van der Waals surface area (Å²) in [6.07, 6.45) is 6.77. The van der Waals surface area contributed by atoms with Crippen molar-refractivity contribution in [1.82, 2.24) is 24.5 Å². The van der Waals surface area contributed by atoms with E-state index in [9.17, 15) is 4.39 Å². The highest BCUT2D eigenvalue weighted by molar-refractivity contribution is 5.88. The van der Waals surface area contributed by atoms with Crippen LogP contribution in [-0.4, -0.2) is 49.7 Å². The van der Waals surface area contributed by atoms with Crippen LogP contribution in [0.2, 0.25) is 0 Å². The normalized spacial score (nSPS) is 22.0. The summed E-state index contributed by atoms with van der Waals surface area (Å²) in [5, 5.41) is 1.07. The Bertz CT molecular complexity index is 973. The number of hydrogen-bond acceptors (Lipinski definition) is 6. The SMILES string of the molecule is CCc1ncnc(N2CC3CC(C2)N3c2ncnc3c2ccn3C)c1F. The van der Waals surface area contributed by atoms with Gasteiger partial charge in [-0.15, -0.1) is 0 Å². The second kappa shape index (κ2) is 5.62. The Hall–Kier alpha value is -2.77. The van der Waals surface area contributed by atoms with Crippen molar-refractivity contribution in [1.29, 1.82) is 0 Å². The molecule has 8 heteroatoms. The summed E-state index contributed by atoms with van der Waals surface area (Å²) < 4.78 is 16.6. The molecule has 0 spiro atoms. The first-order valence-electron chi connectivity index (χ1n) is 8.96. The van der Waals surface area contributed by atoms with Crippen molar-refractivity contribution in [3.63, 3.8) is 0 Å². The van der Waals surface area contributed by atoms with Crippen LogP contribution in [-0.2, 0) is 13.5 Å². The van der Waals surface area contributed by atoms with Crippen molar-refractivity contribution in [3.8, 4) is 0 Å². The number of piperidine rings is 1. The Kier molecular flexibility index (Phi) is 3.35. The van der Waals surface area contributed by atoms with E-state index in [4.69, 9.17) is 0 Å². The summed E-state index contributed by atoms with van der Waals surface area (Å²) >= 11 is 0. The second-order valence-electron chi connectivity index (χ2n) is 7.03. The Morgan fingerprint density at radius 2 is 1.81 bits per heavy atom. The third kappa shape index (κ3) is 2.11. The van der Waals surface area contributed by atoms with E-state index in [-0.39, 0.29) is 5.82 Å². The highest BCUT2D eigenvalue weighted by Gasteiger charge is 2.46. The van der Waals surface area contributed by atoms with Crippen LogP contribution >= 0.6 is 0 Å². The molecule has 2 unspecified atom stereocenters. The summed E-state index contributed by atoms with van der Waals surface area (Å²) in [5.41, 5.74) is 1.42. The molecule has 3 saturated heterocycles. The number of piperazine rings is 1. The smallest absolute Gasteiger partial charge is 0.187 e. The molecular formula is C18H20FN7. The number of hydrogen-bond donors (Lipinski definition) is 0. The van der Waals surface area contributed by atoms with Crippen LogP contribution in [0.1, 0.15) is 19.0 Å². The average Bonchev–Trinajstić information content (AvgIpc) is 3.04. The predicted molar refractivity (Wildman–Crippen MR) is 96.8 cm³/mol. The number of aromatic nitrogens is 5. The Balaban J connectivity index is 1.44. The fraction of sp³-hybridized carbons (Fsp3) is 0.444. The van der Waals surface area contributed by atoms with E-state index in [0.717, 1.165) is 36.4 Å².